The summed E-state index contributed by atoms with van der Waals surface area (Å²) in [5, 5.41) is 0. The van der Waals surface area contributed by atoms with Crippen LogP contribution in [0.2, 0.25) is 0 Å². The van der Waals surface area contributed by atoms with Crippen molar-refractivity contribution in [2.45, 2.75) is 265 Å². The van der Waals surface area contributed by atoms with Gasteiger partial charge in [-0.15, -0.1) is 0 Å². The van der Waals surface area contributed by atoms with Crippen LogP contribution < -0.4 is 0 Å². The Balaban J connectivity index is 3.22. The highest BCUT2D eigenvalue weighted by molar-refractivity contribution is 4.58. The van der Waals surface area contributed by atoms with Gasteiger partial charge in [0.2, 0.25) is 0 Å². The van der Waals surface area contributed by atoms with Crippen molar-refractivity contribution in [1.29, 1.82) is 0 Å². The van der Waals surface area contributed by atoms with Crippen LogP contribution in [-0.4, -0.2) is 0 Å². The minimum absolute atomic E-state index is 0.963. The number of hydrogen-bond donors (Lipinski definition) is 0. The molecular formula is C43H88. The lowest BCUT2D eigenvalue weighted by molar-refractivity contribution is 0.425. The van der Waals surface area contributed by atoms with Crippen molar-refractivity contribution in [3.63, 3.8) is 0 Å². The summed E-state index contributed by atoms with van der Waals surface area (Å²) in [6.45, 7) is 9.65. The zero-order valence-corrected chi connectivity index (χ0v) is 31.3. The molecule has 0 aromatic carbocycles. The number of rotatable bonds is 38. The minimum Gasteiger partial charge on any atom is -0.0654 e. The zero-order chi connectivity index (χ0) is 31.3. The van der Waals surface area contributed by atoms with Gasteiger partial charge in [0.05, 0.1) is 0 Å². The molecule has 0 heteroatoms. The Morgan fingerprint density at radius 1 is 0.209 bits per heavy atom. The molecule has 0 heterocycles. The summed E-state index contributed by atoms with van der Waals surface area (Å²) in [5.74, 6) is 1.93. The average Bonchev–Trinajstić information content (AvgIpc) is 3.01. The Bertz CT molecular complexity index is 467. The van der Waals surface area contributed by atoms with Crippen LogP contribution in [-0.2, 0) is 0 Å². The molecule has 0 fully saturated rings. The van der Waals surface area contributed by atoms with E-state index in [0.717, 1.165) is 11.8 Å². The molecule has 0 aromatic rings. The van der Waals surface area contributed by atoms with Gasteiger partial charge in [0.1, 0.15) is 0 Å². The van der Waals surface area contributed by atoms with E-state index < -0.39 is 0 Å². The Morgan fingerprint density at radius 3 is 0.512 bits per heavy atom. The first-order valence-electron chi connectivity index (χ1n) is 21.2. The lowest BCUT2D eigenvalue weighted by Crippen LogP contribution is -1.95. The van der Waals surface area contributed by atoms with Gasteiger partial charge in [0, 0.05) is 0 Å². The molecule has 0 rings (SSSR count). The summed E-state index contributed by atoms with van der Waals surface area (Å²) in [5.41, 5.74) is 0. The molecule has 2 unspecified atom stereocenters. The van der Waals surface area contributed by atoms with Gasteiger partial charge in [0.25, 0.3) is 0 Å². The molecule has 0 saturated heterocycles. The summed E-state index contributed by atoms with van der Waals surface area (Å²) in [6, 6.07) is 0. The molecule has 0 radical (unpaired) electrons. The molecule has 260 valence electrons. The fourth-order valence-electron chi connectivity index (χ4n) is 7.18. The van der Waals surface area contributed by atoms with Gasteiger partial charge < -0.3 is 0 Å². The Hall–Kier alpha value is 0. The topological polar surface area (TPSA) is 0 Å². The van der Waals surface area contributed by atoms with Crippen molar-refractivity contribution < 1.29 is 0 Å². The fraction of sp³-hybridized carbons (Fsp3) is 1.00. The van der Waals surface area contributed by atoms with Crippen LogP contribution in [0.4, 0.5) is 0 Å². The molecule has 0 saturated carbocycles. The van der Waals surface area contributed by atoms with E-state index in [1.54, 1.807) is 0 Å². The second-order valence-electron chi connectivity index (χ2n) is 15.3. The van der Waals surface area contributed by atoms with Crippen molar-refractivity contribution in [2.24, 2.45) is 11.8 Å². The van der Waals surface area contributed by atoms with Crippen LogP contribution in [0.25, 0.3) is 0 Å². The van der Waals surface area contributed by atoms with Crippen molar-refractivity contribution in [2.75, 3.05) is 0 Å². The van der Waals surface area contributed by atoms with Crippen LogP contribution in [0.5, 0.6) is 0 Å². The van der Waals surface area contributed by atoms with Crippen LogP contribution in [0.3, 0.4) is 0 Å². The second kappa shape index (κ2) is 38.2. The number of unbranched alkanes of at least 4 members (excludes halogenated alkanes) is 30. The molecule has 0 aliphatic rings. The lowest BCUT2D eigenvalue weighted by Gasteiger charge is -2.11. The van der Waals surface area contributed by atoms with Crippen LogP contribution >= 0.6 is 0 Å². The third-order valence-electron chi connectivity index (χ3n) is 10.5. The number of hydrogen-bond acceptors (Lipinski definition) is 0. The SMILES string of the molecule is CCCCCCCCCCCCCCCCC(C)CCCCCCCCCCCC(C)CCCCCCCCCCCC. The fourth-order valence-corrected chi connectivity index (χ4v) is 7.18. The van der Waals surface area contributed by atoms with Crippen molar-refractivity contribution in [3.8, 4) is 0 Å². The van der Waals surface area contributed by atoms with Crippen molar-refractivity contribution in [1.82, 2.24) is 0 Å². The molecular weight excluding hydrogens is 516 g/mol. The zero-order valence-electron chi connectivity index (χ0n) is 31.3. The lowest BCUT2D eigenvalue weighted by atomic mass is 9.95. The summed E-state index contributed by atoms with van der Waals surface area (Å²) >= 11 is 0. The van der Waals surface area contributed by atoms with E-state index in [2.05, 4.69) is 27.7 Å². The van der Waals surface area contributed by atoms with E-state index >= 15 is 0 Å². The van der Waals surface area contributed by atoms with E-state index in [1.807, 2.05) is 0 Å². The van der Waals surface area contributed by atoms with Gasteiger partial charge in [-0.2, -0.15) is 0 Å². The minimum atomic E-state index is 0.963. The Labute approximate surface area is 276 Å². The highest BCUT2D eigenvalue weighted by Gasteiger charge is 2.04. The molecule has 0 amide bonds. The Morgan fingerprint density at radius 2 is 0.349 bits per heavy atom. The predicted molar refractivity (Wildman–Crippen MR) is 201 cm³/mol. The average molecular weight is 605 g/mol. The van der Waals surface area contributed by atoms with Gasteiger partial charge in [-0.1, -0.05) is 265 Å². The molecule has 0 nitrogen and oxygen atoms in total. The van der Waals surface area contributed by atoms with E-state index in [9.17, 15) is 0 Å². The third-order valence-corrected chi connectivity index (χ3v) is 10.5. The molecule has 0 aliphatic heterocycles. The molecule has 0 N–H and O–H groups in total. The molecule has 0 spiro atoms. The summed E-state index contributed by atoms with van der Waals surface area (Å²) in [7, 11) is 0. The van der Waals surface area contributed by atoms with E-state index in [-0.39, 0.29) is 0 Å². The molecule has 0 aliphatic carbocycles. The van der Waals surface area contributed by atoms with Gasteiger partial charge in [-0.3, -0.25) is 0 Å². The first-order chi connectivity index (χ1) is 21.2. The molecule has 43 heavy (non-hydrogen) atoms. The summed E-state index contributed by atoms with van der Waals surface area (Å²) < 4.78 is 0. The second-order valence-corrected chi connectivity index (χ2v) is 15.3. The van der Waals surface area contributed by atoms with Crippen LogP contribution in [0.15, 0.2) is 0 Å². The predicted octanol–water partition coefficient (Wildman–Crippen LogP) is 16.7. The maximum atomic E-state index is 2.51. The Kier molecular flexibility index (Phi) is 38.2. The highest BCUT2D eigenvalue weighted by atomic mass is 14.1. The van der Waals surface area contributed by atoms with Gasteiger partial charge in [-0.05, 0) is 11.8 Å². The monoisotopic (exact) mass is 605 g/mol. The summed E-state index contributed by atoms with van der Waals surface area (Å²) in [4.78, 5) is 0. The maximum absolute atomic E-state index is 2.51. The largest absolute Gasteiger partial charge is 0.0654 e. The molecule has 0 bridgehead atoms. The van der Waals surface area contributed by atoms with Crippen molar-refractivity contribution >= 4 is 0 Å². The van der Waals surface area contributed by atoms with E-state index in [4.69, 9.17) is 0 Å². The standard InChI is InChI=1S/C43H88/c1-5-7-9-11-13-15-17-18-19-20-23-27-31-35-39-43(4)41-37-33-29-25-21-24-28-32-36-40-42(3)38-34-30-26-22-16-14-12-10-8-6-2/h42-43H,5-41H2,1-4H3. The first-order valence-corrected chi connectivity index (χ1v) is 21.2. The molecule has 0 aromatic heterocycles. The smallest absolute Gasteiger partial charge is 0.0443 e. The van der Waals surface area contributed by atoms with Gasteiger partial charge >= 0.3 is 0 Å². The van der Waals surface area contributed by atoms with E-state index in [0.29, 0.717) is 0 Å². The highest BCUT2D eigenvalue weighted by Crippen LogP contribution is 2.21. The van der Waals surface area contributed by atoms with E-state index in [1.165, 1.54) is 238 Å². The quantitative estimate of drug-likeness (QED) is 0.0615. The van der Waals surface area contributed by atoms with Crippen molar-refractivity contribution in [3.05, 3.63) is 0 Å². The van der Waals surface area contributed by atoms with Crippen LogP contribution in [0, 0.1) is 11.8 Å². The first kappa shape index (κ1) is 43.0. The third kappa shape index (κ3) is 38.1. The van der Waals surface area contributed by atoms with Gasteiger partial charge in [0.15, 0.2) is 0 Å². The summed E-state index contributed by atoms with van der Waals surface area (Å²) in [6.07, 6.45) is 54.6. The molecule has 2 atom stereocenters. The van der Waals surface area contributed by atoms with Gasteiger partial charge in [-0.25, -0.2) is 0 Å². The maximum Gasteiger partial charge on any atom is -0.0443 e. The van der Waals surface area contributed by atoms with Crippen LogP contribution in [0.1, 0.15) is 265 Å². The normalized spacial score (nSPS) is 13.1.